The first-order valence-corrected chi connectivity index (χ1v) is 11.0. The minimum absolute atomic E-state index is 0.165. The number of thiazole rings is 1. The van der Waals surface area contributed by atoms with E-state index >= 15 is 0 Å². The summed E-state index contributed by atoms with van der Waals surface area (Å²) in [6.07, 6.45) is 0. The van der Waals surface area contributed by atoms with Crippen molar-refractivity contribution in [1.82, 2.24) is 20.6 Å². The number of nitrogen functional groups attached to an aromatic ring is 1. The quantitative estimate of drug-likeness (QED) is 0.401. The van der Waals surface area contributed by atoms with Crippen LogP contribution in [-0.2, 0) is 6.54 Å². The average Bonchev–Trinajstić information content (AvgIpc) is 3.20. The molecular formula is C24H23N5O2S. The second-order valence-electron chi connectivity index (χ2n) is 7.47. The van der Waals surface area contributed by atoms with Gasteiger partial charge in [0.15, 0.2) is 5.13 Å². The molecule has 8 heteroatoms. The molecule has 0 aliphatic carbocycles. The van der Waals surface area contributed by atoms with E-state index in [9.17, 15) is 9.59 Å². The largest absolute Gasteiger partial charge is 0.375 e. The number of amides is 2. The summed E-state index contributed by atoms with van der Waals surface area (Å²) in [6.45, 7) is 2.86. The third-order valence-corrected chi connectivity index (χ3v) is 5.92. The lowest BCUT2D eigenvalue weighted by atomic mass is 10.0. The van der Waals surface area contributed by atoms with Gasteiger partial charge in [-0.15, -0.1) is 0 Å². The summed E-state index contributed by atoms with van der Waals surface area (Å²) >= 11 is 1.40. The van der Waals surface area contributed by atoms with Crippen LogP contribution in [0.3, 0.4) is 0 Å². The van der Waals surface area contributed by atoms with Crippen LogP contribution in [0.25, 0.3) is 10.2 Å². The number of pyridine rings is 1. The zero-order valence-electron chi connectivity index (χ0n) is 17.5. The molecule has 2 aromatic carbocycles. The minimum atomic E-state index is -0.346. The number of hydrogen-bond donors (Lipinski definition) is 3. The van der Waals surface area contributed by atoms with Gasteiger partial charge in [0.1, 0.15) is 11.4 Å². The summed E-state index contributed by atoms with van der Waals surface area (Å²) in [4.78, 5) is 33.6. The Labute approximate surface area is 189 Å². The number of benzene rings is 2. The Morgan fingerprint density at radius 1 is 0.938 bits per heavy atom. The molecule has 2 aromatic heterocycles. The van der Waals surface area contributed by atoms with Crippen molar-refractivity contribution in [3.8, 4) is 0 Å². The van der Waals surface area contributed by atoms with E-state index in [-0.39, 0.29) is 29.1 Å². The number of nitrogens with zero attached hydrogens (tertiary/aromatic N) is 2. The van der Waals surface area contributed by atoms with E-state index in [1.54, 1.807) is 18.2 Å². The maximum atomic E-state index is 12.6. The topological polar surface area (TPSA) is 110 Å². The maximum absolute atomic E-state index is 12.6. The highest BCUT2D eigenvalue weighted by atomic mass is 32.1. The molecule has 4 aromatic rings. The van der Waals surface area contributed by atoms with Gasteiger partial charge in [-0.05, 0) is 41.3 Å². The lowest BCUT2D eigenvalue weighted by Gasteiger charge is -2.13. The van der Waals surface area contributed by atoms with E-state index < -0.39 is 0 Å². The molecule has 0 aliphatic rings. The highest BCUT2D eigenvalue weighted by molar-refractivity contribution is 7.22. The molecule has 2 heterocycles. The lowest BCUT2D eigenvalue weighted by Crippen LogP contribution is -2.29. The number of fused-ring (bicyclic) bond motifs is 1. The van der Waals surface area contributed by atoms with Crippen LogP contribution in [0.4, 0.5) is 5.13 Å². The first-order chi connectivity index (χ1) is 15.5. The molecule has 0 spiro atoms. The molecule has 0 fully saturated rings. The Kier molecular flexibility index (Phi) is 6.42. The van der Waals surface area contributed by atoms with Crippen molar-refractivity contribution >= 4 is 38.5 Å². The standard InChI is InChI=1S/C24H23N5O2S/c1-15(17-6-3-2-4-7-17)13-26-22(30)19-8-5-9-20(28-19)23(31)27-14-16-10-11-18-21(12-16)32-24(25)29-18/h2-12,15H,13-14H2,1H3,(H2,25,29)(H,26,30)(H,27,31)/t15-/m0/s1. The zero-order valence-corrected chi connectivity index (χ0v) is 18.4. The predicted molar refractivity (Wildman–Crippen MR) is 127 cm³/mol. The summed E-state index contributed by atoms with van der Waals surface area (Å²) in [7, 11) is 0. The second kappa shape index (κ2) is 9.57. The average molecular weight is 446 g/mol. The van der Waals surface area contributed by atoms with E-state index in [0.29, 0.717) is 18.2 Å². The normalized spacial score (nSPS) is 11.8. The van der Waals surface area contributed by atoms with E-state index in [1.165, 1.54) is 11.3 Å². The number of nitrogens with one attached hydrogen (secondary N) is 2. The monoisotopic (exact) mass is 445 g/mol. The Hall–Kier alpha value is -3.78. The minimum Gasteiger partial charge on any atom is -0.375 e. The van der Waals surface area contributed by atoms with Crippen LogP contribution < -0.4 is 16.4 Å². The molecule has 4 rings (SSSR count). The van der Waals surface area contributed by atoms with Crippen LogP contribution in [-0.4, -0.2) is 28.3 Å². The zero-order chi connectivity index (χ0) is 22.5. The van der Waals surface area contributed by atoms with Crippen molar-refractivity contribution < 1.29 is 9.59 Å². The number of nitrogens with two attached hydrogens (primary N) is 1. The molecule has 162 valence electrons. The smallest absolute Gasteiger partial charge is 0.270 e. The number of hydrogen-bond acceptors (Lipinski definition) is 6. The molecule has 4 N–H and O–H groups in total. The van der Waals surface area contributed by atoms with Crippen LogP contribution in [0.2, 0.25) is 0 Å². The number of carbonyl (C=O) groups is 2. The Bertz CT molecular complexity index is 1260. The lowest BCUT2D eigenvalue weighted by molar-refractivity contribution is 0.0942. The van der Waals surface area contributed by atoms with Gasteiger partial charge in [0, 0.05) is 13.1 Å². The van der Waals surface area contributed by atoms with Gasteiger partial charge in [-0.2, -0.15) is 0 Å². The van der Waals surface area contributed by atoms with Crippen LogP contribution in [0.1, 0.15) is 44.9 Å². The predicted octanol–water partition coefficient (Wildman–Crippen LogP) is 3.74. The number of aromatic nitrogens is 2. The summed E-state index contributed by atoms with van der Waals surface area (Å²) < 4.78 is 0.968. The van der Waals surface area contributed by atoms with Gasteiger partial charge in [-0.1, -0.05) is 60.7 Å². The summed E-state index contributed by atoms with van der Waals surface area (Å²) in [5.74, 6) is -0.491. The second-order valence-corrected chi connectivity index (χ2v) is 8.53. The molecule has 2 amide bonds. The van der Waals surface area contributed by atoms with Crippen molar-refractivity contribution in [3.63, 3.8) is 0 Å². The van der Waals surface area contributed by atoms with Crippen molar-refractivity contribution in [2.75, 3.05) is 12.3 Å². The number of anilines is 1. The maximum Gasteiger partial charge on any atom is 0.270 e. The Morgan fingerprint density at radius 3 is 2.41 bits per heavy atom. The van der Waals surface area contributed by atoms with Crippen LogP contribution >= 0.6 is 11.3 Å². The van der Waals surface area contributed by atoms with E-state index in [2.05, 4.69) is 20.6 Å². The van der Waals surface area contributed by atoms with E-state index in [1.807, 2.05) is 55.5 Å². The molecule has 0 saturated heterocycles. The fourth-order valence-corrected chi connectivity index (χ4v) is 4.09. The highest BCUT2D eigenvalue weighted by Crippen LogP contribution is 2.24. The molecule has 0 saturated carbocycles. The van der Waals surface area contributed by atoms with Crippen molar-refractivity contribution in [1.29, 1.82) is 0 Å². The fraction of sp³-hybridized carbons (Fsp3) is 0.167. The molecule has 32 heavy (non-hydrogen) atoms. The summed E-state index contributed by atoms with van der Waals surface area (Å²) in [6, 6.07) is 20.5. The first kappa shape index (κ1) is 21.5. The third kappa shape index (κ3) is 5.09. The third-order valence-electron chi connectivity index (χ3n) is 5.07. The van der Waals surface area contributed by atoms with E-state index in [4.69, 9.17) is 5.73 Å². The van der Waals surface area contributed by atoms with Crippen molar-refractivity contribution in [3.05, 3.63) is 89.2 Å². The fourth-order valence-electron chi connectivity index (χ4n) is 3.29. The summed E-state index contributed by atoms with van der Waals surface area (Å²) in [5, 5.41) is 6.25. The Morgan fingerprint density at radius 2 is 1.66 bits per heavy atom. The van der Waals surface area contributed by atoms with Crippen molar-refractivity contribution in [2.24, 2.45) is 0 Å². The molecule has 0 aliphatic heterocycles. The van der Waals surface area contributed by atoms with Gasteiger partial charge in [-0.25, -0.2) is 9.97 Å². The van der Waals surface area contributed by atoms with Crippen LogP contribution in [0.5, 0.6) is 0 Å². The summed E-state index contributed by atoms with van der Waals surface area (Å²) in [5.41, 5.74) is 9.05. The van der Waals surface area contributed by atoms with Gasteiger partial charge in [0.25, 0.3) is 11.8 Å². The molecule has 0 bridgehead atoms. The van der Waals surface area contributed by atoms with E-state index in [0.717, 1.165) is 21.3 Å². The van der Waals surface area contributed by atoms with Gasteiger partial charge in [-0.3, -0.25) is 9.59 Å². The molecular weight excluding hydrogens is 422 g/mol. The van der Waals surface area contributed by atoms with Crippen LogP contribution in [0.15, 0.2) is 66.7 Å². The van der Waals surface area contributed by atoms with Gasteiger partial charge >= 0.3 is 0 Å². The van der Waals surface area contributed by atoms with Gasteiger partial charge < -0.3 is 16.4 Å². The molecule has 0 unspecified atom stereocenters. The SMILES string of the molecule is C[C@@H](CNC(=O)c1cccc(C(=O)NCc2ccc3nc(N)sc3c2)n1)c1ccccc1. The highest BCUT2D eigenvalue weighted by Gasteiger charge is 2.14. The van der Waals surface area contributed by atoms with Crippen LogP contribution in [0, 0.1) is 0 Å². The molecule has 0 radical (unpaired) electrons. The number of carbonyl (C=O) groups excluding carboxylic acids is 2. The molecule has 1 atom stereocenters. The van der Waals surface area contributed by atoms with Crippen molar-refractivity contribution in [2.45, 2.75) is 19.4 Å². The Balaban J connectivity index is 1.35. The van der Waals surface area contributed by atoms with Gasteiger partial charge in [0.05, 0.1) is 10.2 Å². The first-order valence-electron chi connectivity index (χ1n) is 10.2. The number of rotatable bonds is 7. The van der Waals surface area contributed by atoms with Gasteiger partial charge in [0.2, 0.25) is 0 Å². The molecule has 7 nitrogen and oxygen atoms in total.